The average molecular weight is 461 g/mol. The molecular formula is C20H17Cl2F3N2O3. The molecule has 0 heterocycles. The molecule has 0 aliphatic rings. The molecule has 10 heteroatoms. The van der Waals surface area contributed by atoms with E-state index in [-0.39, 0.29) is 45.8 Å². The van der Waals surface area contributed by atoms with Crippen LogP contribution < -0.4 is 5.32 Å². The zero-order valence-corrected chi connectivity index (χ0v) is 17.1. The zero-order valence-electron chi connectivity index (χ0n) is 15.6. The van der Waals surface area contributed by atoms with Crippen LogP contribution in [-0.4, -0.2) is 36.7 Å². The fourth-order valence-electron chi connectivity index (χ4n) is 2.49. The van der Waals surface area contributed by atoms with Crippen LogP contribution in [-0.2, 0) is 9.53 Å². The predicted molar refractivity (Wildman–Crippen MR) is 110 cm³/mol. The summed E-state index contributed by atoms with van der Waals surface area (Å²) in [6, 6.07) is 9.31. The number of nitrogens with zero attached hydrogens (tertiary/aromatic N) is 1. The van der Waals surface area contributed by atoms with Crippen LogP contribution in [0.25, 0.3) is 5.57 Å². The van der Waals surface area contributed by atoms with Crippen LogP contribution in [0.15, 0.2) is 53.7 Å². The number of benzene rings is 2. The number of amides is 1. The van der Waals surface area contributed by atoms with E-state index < -0.39 is 11.7 Å². The molecule has 0 aromatic heterocycles. The van der Waals surface area contributed by atoms with Crippen LogP contribution in [0.5, 0.6) is 0 Å². The lowest BCUT2D eigenvalue weighted by molar-refractivity contribution is -0.117. The molecule has 0 aliphatic carbocycles. The van der Waals surface area contributed by atoms with Gasteiger partial charge in [0.15, 0.2) is 0 Å². The van der Waals surface area contributed by atoms with Gasteiger partial charge in [0.05, 0.1) is 18.6 Å². The number of rotatable bonds is 7. The first-order chi connectivity index (χ1) is 14.1. The number of carbonyl (C=O) groups excluding carboxylic acids is 1. The van der Waals surface area contributed by atoms with Crippen LogP contribution in [0.1, 0.15) is 17.5 Å². The van der Waals surface area contributed by atoms with E-state index in [9.17, 15) is 23.2 Å². The fraction of sp³-hybridized carbons (Fsp3) is 0.200. The molecule has 2 aromatic rings. The van der Waals surface area contributed by atoms with Gasteiger partial charge in [0.25, 0.3) is 0 Å². The van der Waals surface area contributed by atoms with Crippen molar-refractivity contribution in [2.75, 3.05) is 19.0 Å². The van der Waals surface area contributed by atoms with Gasteiger partial charge in [0.1, 0.15) is 5.71 Å². The number of allylic oxidation sites excluding steroid dienone is 2. The molecule has 0 radical (unpaired) electrons. The van der Waals surface area contributed by atoms with Crippen molar-refractivity contribution in [1.82, 2.24) is 0 Å². The monoisotopic (exact) mass is 460 g/mol. The van der Waals surface area contributed by atoms with Gasteiger partial charge in [0.2, 0.25) is 5.91 Å². The molecular weight excluding hydrogens is 444 g/mol. The Bertz CT molecular complexity index is 939. The fourth-order valence-corrected chi connectivity index (χ4v) is 3.01. The first-order valence-electron chi connectivity index (χ1n) is 8.50. The molecule has 0 aliphatic heterocycles. The third-order valence-corrected chi connectivity index (χ3v) is 4.30. The molecule has 2 rings (SSSR count). The van der Waals surface area contributed by atoms with Crippen LogP contribution in [0.4, 0.5) is 18.9 Å². The number of carbonyl (C=O) groups is 1. The van der Waals surface area contributed by atoms with Crippen LogP contribution >= 0.6 is 23.2 Å². The van der Waals surface area contributed by atoms with E-state index in [4.69, 9.17) is 27.9 Å². The topological polar surface area (TPSA) is 70.9 Å². The molecule has 160 valence electrons. The van der Waals surface area contributed by atoms with Crippen molar-refractivity contribution in [3.8, 4) is 0 Å². The van der Waals surface area contributed by atoms with Gasteiger partial charge < -0.3 is 15.3 Å². The van der Waals surface area contributed by atoms with Crippen molar-refractivity contribution in [1.29, 1.82) is 0 Å². The summed E-state index contributed by atoms with van der Waals surface area (Å²) in [6.07, 6.45) is -3.92. The lowest BCUT2D eigenvalue weighted by Gasteiger charge is -2.14. The number of halogens is 5. The predicted octanol–water partition coefficient (Wildman–Crippen LogP) is 5.79. The first-order valence-corrected chi connectivity index (χ1v) is 9.26. The Kier molecular flexibility index (Phi) is 8.28. The lowest BCUT2D eigenvalue weighted by Crippen LogP contribution is -2.14. The summed E-state index contributed by atoms with van der Waals surface area (Å²) in [4.78, 5) is 11.7. The van der Waals surface area contributed by atoms with E-state index in [0.29, 0.717) is 11.8 Å². The van der Waals surface area contributed by atoms with Crippen LogP contribution in [0.3, 0.4) is 0 Å². The second kappa shape index (κ2) is 10.5. The molecule has 0 fully saturated rings. The van der Waals surface area contributed by atoms with E-state index in [1.165, 1.54) is 37.4 Å². The van der Waals surface area contributed by atoms with Crippen molar-refractivity contribution < 1.29 is 27.9 Å². The molecule has 0 saturated heterocycles. The summed E-state index contributed by atoms with van der Waals surface area (Å²) in [5, 5.41) is 15.0. The van der Waals surface area contributed by atoms with Crippen LogP contribution in [0.2, 0.25) is 10.0 Å². The molecule has 0 saturated carbocycles. The first kappa shape index (κ1) is 23.7. The highest BCUT2D eigenvalue weighted by Crippen LogP contribution is 2.36. The minimum absolute atomic E-state index is 0.0312. The van der Waals surface area contributed by atoms with Crippen molar-refractivity contribution in [3.05, 3.63) is 69.7 Å². The Morgan fingerprint density at radius 1 is 1.13 bits per heavy atom. The molecule has 0 atom stereocenters. The van der Waals surface area contributed by atoms with Gasteiger partial charge in [-0.2, -0.15) is 13.2 Å². The van der Waals surface area contributed by atoms with Crippen molar-refractivity contribution in [2.45, 2.75) is 12.6 Å². The summed E-state index contributed by atoms with van der Waals surface area (Å²) in [5.74, 6) is -0.280. The summed E-state index contributed by atoms with van der Waals surface area (Å²) in [7, 11) is 1.47. The van der Waals surface area contributed by atoms with Crippen molar-refractivity contribution in [2.24, 2.45) is 5.16 Å². The van der Waals surface area contributed by atoms with Crippen molar-refractivity contribution in [3.63, 3.8) is 0 Å². The highest BCUT2D eigenvalue weighted by Gasteiger charge is 2.35. The van der Waals surface area contributed by atoms with Gasteiger partial charge in [-0.05, 0) is 42.0 Å². The van der Waals surface area contributed by atoms with E-state index in [2.05, 4.69) is 10.5 Å². The minimum atomic E-state index is -4.76. The molecule has 0 bridgehead atoms. The molecule has 5 nitrogen and oxygen atoms in total. The Morgan fingerprint density at radius 2 is 1.73 bits per heavy atom. The Hall–Kier alpha value is -2.55. The van der Waals surface area contributed by atoms with E-state index in [1.54, 1.807) is 0 Å². The highest BCUT2D eigenvalue weighted by atomic mass is 35.5. The Labute approximate surface area is 180 Å². The third-order valence-electron chi connectivity index (χ3n) is 3.87. The normalized spacial score (nSPS) is 12.7. The second-order valence-electron chi connectivity index (χ2n) is 6.07. The summed E-state index contributed by atoms with van der Waals surface area (Å²) in [6.45, 7) is 0.254. The number of methoxy groups -OCH3 is 1. The van der Waals surface area contributed by atoms with Crippen molar-refractivity contribution >= 4 is 46.1 Å². The number of ether oxygens (including phenoxy) is 1. The third kappa shape index (κ3) is 6.76. The smallest absolute Gasteiger partial charge is 0.410 e. The van der Waals surface area contributed by atoms with Gasteiger partial charge >= 0.3 is 6.18 Å². The number of hydrogen-bond donors (Lipinski definition) is 2. The molecule has 30 heavy (non-hydrogen) atoms. The number of hydrogen-bond acceptors (Lipinski definition) is 4. The van der Waals surface area contributed by atoms with Gasteiger partial charge in [-0.1, -0.05) is 40.5 Å². The van der Waals surface area contributed by atoms with Gasteiger partial charge in [-0.25, -0.2) is 0 Å². The highest BCUT2D eigenvalue weighted by molar-refractivity contribution is 6.35. The van der Waals surface area contributed by atoms with Gasteiger partial charge in [0, 0.05) is 28.4 Å². The number of alkyl halides is 3. The van der Waals surface area contributed by atoms with Crippen LogP contribution in [0, 0.1) is 0 Å². The summed E-state index contributed by atoms with van der Waals surface area (Å²) < 4.78 is 45.7. The average Bonchev–Trinajstić information content (AvgIpc) is 2.66. The largest absolute Gasteiger partial charge is 0.417 e. The summed E-state index contributed by atoms with van der Waals surface area (Å²) >= 11 is 11.6. The number of oxime groups is 1. The van der Waals surface area contributed by atoms with Gasteiger partial charge in [-0.3, -0.25) is 4.79 Å². The zero-order chi connectivity index (χ0) is 22.3. The molecule has 0 spiro atoms. The number of anilines is 1. The Morgan fingerprint density at radius 3 is 2.23 bits per heavy atom. The quantitative estimate of drug-likeness (QED) is 0.312. The van der Waals surface area contributed by atoms with E-state index in [0.717, 1.165) is 12.1 Å². The SMILES string of the molecule is COCCC(=O)Nc1ccc(C(/C=C(/c2cc(Cl)cc(Cl)c2)C(F)(F)F)=N\O)cc1. The maximum Gasteiger partial charge on any atom is 0.417 e. The maximum atomic E-state index is 13.6. The molecule has 0 unspecified atom stereocenters. The minimum Gasteiger partial charge on any atom is -0.410 e. The lowest BCUT2D eigenvalue weighted by atomic mass is 10.0. The van der Waals surface area contributed by atoms with Gasteiger partial charge in [-0.15, -0.1) is 0 Å². The standard InChI is InChI=1S/C20H17Cl2F3N2O3/c1-30-7-6-19(28)26-16-4-2-12(3-5-16)18(27-29)11-17(20(23,24)25)13-8-14(21)10-15(22)9-13/h2-5,8-11,29H,6-7H2,1H3,(H,26,28)/b17-11-,27-18-. The van der Waals surface area contributed by atoms with E-state index in [1.807, 2.05) is 0 Å². The molecule has 2 N–H and O–H groups in total. The summed E-state index contributed by atoms with van der Waals surface area (Å²) in [5.41, 5.74) is -1.07. The second-order valence-corrected chi connectivity index (χ2v) is 6.94. The Balaban J connectivity index is 2.34. The molecule has 2 aromatic carbocycles. The number of nitrogens with one attached hydrogen (secondary N) is 1. The molecule has 1 amide bonds. The maximum absolute atomic E-state index is 13.6. The van der Waals surface area contributed by atoms with E-state index >= 15 is 0 Å².